The summed E-state index contributed by atoms with van der Waals surface area (Å²) in [5.74, 6) is -2.15. The van der Waals surface area contributed by atoms with Gasteiger partial charge >= 0.3 is 11.9 Å². The summed E-state index contributed by atoms with van der Waals surface area (Å²) in [4.78, 5) is 37.2. The molecule has 0 fully saturated rings. The first kappa shape index (κ1) is 22.3. The lowest BCUT2D eigenvalue weighted by Crippen LogP contribution is -2.40. The zero-order valence-corrected chi connectivity index (χ0v) is 17.9. The maximum atomic E-state index is 13.2. The van der Waals surface area contributed by atoms with Crippen LogP contribution in [-0.4, -0.2) is 65.0 Å². The van der Waals surface area contributed by atoms with Gasteiger partial charge < -0.3 is 14.4 Å². The van der Waals surface area contributed by atoms with Gasteiger partial charge in [0, 0.05) is 12.1 Å². The number of esters is 2. The number of para-hydroxylation sites is 1. The monoisotopic (exact) mass is 446 g/mol. The average molecular weight is 446 g/mol. The number of carbonyl (C=O) groups is 3. The van der Waals surface area contributed by atoms with E-state index in [0.717, 1.165) is 24.7 Å². The van der Waals surface area contributed by atoms with Gasteiger partial charge in [-0.1, -0.05) is 24.3 Å². The Kier molecular flexibility index (Phi) is 6.59. The second kappa shape index (κ2) is 9.17. The number of amides is 1. The summed E-state index contributed by atoms with van der Waals surface area (Å²) in [5, 5.41) is 0. The van der Waals surface area contributed by atoms with E-state index in [4.69, 9.17) is 0 Å². The van der Waals surface area contributed by atoms with Crippen molar-refractivity contribution in [2.45, 2.75) is 11.3 Å². The zero-order chi connectivity index (χ0) is 22.6. The molecule has 0 saturated heterocycles. The van der Waals surface area contributed by atoms with Crippen LogP contribution in [0.15, 0.2) is 53.4 Å². The molecule has 10 heteroatoms. The van der Waals surface area contributed by atoms with Crippen molar-refractivity contribution in [2.75, 3.05) is 38.2 Å². The molecule has 0 bridgehead atoms. The number of carbonyl (C=O) groups excluding carboxylic acids is 3. The van der Waals surface area contributed by atoms with Crippen molar-refractivity contribution >= 4 is 33.6 Å². The summed E-state index contributed by atoms with van der Waals surface area (Å²) < 4.78 is 36.9. The molecule has 0 saturated carbocycles. The van der Waals surface area contributed by atoms with Gasteiger partial charge in [0.25, 0.3) is 15.9 Å². The van der Waals surface area contributed by atoms with Crippen LogP contribution in [0.3, 0.4) is 0 Å². The Balaban J connectivity index is 1.91. The highest BCUT2D eigenvalue weighted by atomic mass is 32.2. The van der Waals surface area contributed by atoms with E-state index in [1.165, 1.54) is 28.6 Å². The lowest BCUT2D eigenvalue weighted by molar-refractivity contribution is -0.144. The van der Waals surface area contributed by atoms with Gasteiger partial charge in [0.1, 0.15) is 13.1 Å². The van der Waals surface area contributed by atoms with Crippen LogP contribution in [0.5, 0.6) is 0 Å². The lowest BCUT2D eigenvalue weighted by atomic mass is 10.2. The molecule has 31 heavy (non-hydrogen) atoms. The number of rotatable bonds is 7. The number of methoxy groups -OCH3 is 2. The van der Waals surface area contributed by atoms with Crippen molar-refractivity contribution in [1.82, 2.24) is 4.90 Å². The van der Waals surface area contributed by atoms with Crippen molar-refractivity contribution in [3.63, 3.8) is 0 Å². The first-order valence-electron chi connectivity index (χ1n) is 9.41. The van der Waals surface area contributed by atoms with Gasteiger partial charge in [-0.3, -0.25) is 18.7 Å². The second-order valence-corrected chi connectivity index (χ2v) is 8.66. The molecule has 0 aromatic heterocycles. The Morgan fingerprint density at radius 2 is 1.61 bits per heavy atom. The van der Waals surface area contributed by atoms with Gasteiger partial charge in [0.15, 0.2) is 0 Å². The highest BCUT2D eigenvalue weighted by molar-refractivity contribution is 7.92. The summed E-state index contributed by atoms with van der Waals surface area (Å²) in [6, 6.07) is 12.7. The van der Waals surface area contributed by atoms with Gasteiger partial charge in [-0.25, -0.2) is 8.42 Å². The topological polar surface area (TPSA) is 110 Å². The number of fused-ring (bicyclic) bond motifs is 1. The lowest BCUT2D eigenvalue weighted by Gasteiger charge is -2.22. The average Bonchev–Trinajstić information content (AvgIpc) is 3.23. The first-order chi connectivity index (χ1) is 14.8. The largest absolute Gasteiger partial charge is 0.468 e. The minimum Gasteiger partial charge on any atom is -0.468 e. The van der Waals surface area contributed by atoms with Crippen LogP contribution < -0.4 is 4.31 Å². The molecule has 0 spiro atoms. The normalized spacial score (nSPS) is 12.8. The molecule has 2 aromatic rings. The van der Waals surface area contributed by atoms with Crippen molar-refractivity contribution in [3.05, 3.63) is 59.7 Å². The van der Waals surface area contributed by atoms with Gasteiger partial charge in [0.2, 0.25) is 0 Å². The van der Waals surface area contributed by atoms with E-state index in [-0.39, 0.29) is 10.5 Å². The summed E-state index contributed by atoms with van der Waals surface area (Å²) in [6.45, 7) is -0.668. The van der Waals surface area contributed by atoms with E-state index in [2.05, 4.69) is 9.47 Å². The van der Waals surface area contributed by atoms with E-state index in [0.29, 0.717) is 18.7 Å². The maximum absolute atomic E-state index is 13.2. The molecule has 9 nitrogen and oxygen atoms in total. The van der Waals surface area contributed by atoms with Crippen LogP contribution in [0.4, 0.5) is 5.69 Å². The van der Waals surface area contributed by atoms with Gasteiger partial charge in [-0.05, 0) is 36.2 Å². The van der Waals surface area contributed by atoms with E-state index in [9.17, 15) is 22.8 Å². The van der Waals surface area contributed by atoms with Crippen molar-refractivity contribution in [1.29, 1.82) is 0 Å². The molecule has 0 aliphatic carbocycles. The molecule has 1 aliphatic heterocycles. The molecule has 164 valence electrons. The standard InChI is InChI=1S/C21H22N2O7S/c1-29-19(24)13-22(14-20(25)30-2)21(26)16-7-5-8-17(12-16)31(27,28)23-11-10-15-6-3-4-9-18(15)23/h3-9,12H,10-11,13-14H2,1-2H3. The van der Waals surface area contributed by atoms with Gasteiger partial charge in [-0.2, -0.15) is 0 Å². The molecule has 0 radical (unpaired) electrons. The second-order valence-electron chi connectivity index (χ2n) is 6.80. The molecule has 0 unspecified atom stereocenters. The highest BCUT2D eigenvalue weighted by Crippen LogP contribution is 2.32. The summed E-state index contributed by atoms with van der Waals surface area (Å²) in [7, 11) is -1.60. The number of benzene rings is 2. The fourth-order valence-corrected chi connectivity index (χ4v) is 4.85. The predicted octanol–water partition coefficient (Wildman–Crippen LogP) is 1.23. The molecule has 0 atom stereocenters. The summed E-state index contributed by atoms with van der Waals surface area (Å²) in [6.07, 6.45) is 0.597. The van der Waals surface area contributed by atoms with Crippen molar-refractivity contribution in [3.8, 4) is 0 Å². The molecule has 2 aromatic carbocycles. The number of ether oxygens (including phenoxy) is 2. The van der Waals surface area contributed by atoms with Crippen molar-refractivity contribution in [2.24, 2.45) is 0 Å². The third-order valence-electron chi connectivity index (χ3n) is 4.90. The molecule has 1 aliphatic rings. The predicted molar refractivity (Wildman–Crippen MR) is 111 cm³/mol. The van der Waals surface area contributed by atoms with E-state index >= 15 is 0 Å². The smallest absolute Gasteiger partial charge is 0.325 e. The quantitative estimate of drug-likeness (QED) is 0.588. The number of anilines is 1. The van der Waals surface area contributed by atoms with E-state index < -0.39 is 41.0 Å². The number of nitrogens with zero attached hydrogens (tertiary/aromatic N) is 2. The highest BCUT2D eigenvalue weighted by Gasteiger charge is 2.31. The molecular formula is C21H22N2O7S. The van der Waals surface area contributed by atoms with Gasteiger partial charge in [-0.15, -0.1) is 0 Å². The van der Waals surface area contributed by atoms with Crippen LogP contribution in [0.2, 0.25) is 0 Å². The fourth-order valence-electron chi connectivity index (χ4n) is 3.30. The SMILES string of the molecule is COC(=O)CN(CC(=O)OC)C(=O)c1cccc(S(=O)(=O)N2CCc3ccccc32)c1. The summed E-state index contributed by atoms with van der Waals surface area (Å²) in [5.41, 5.74) is 1.55. The van der Waals surface area contributed by atoms with E-state index in [1.54, 1.807) is 12.1 Å². The number of hydrogen-bond acceptors (Lipinski definition) is 7. The fraction of sp³-hybridized carbons (Fsp3) is 0.286. The van der Waals surface area contributed by atoms with Crippen LogP contribution in [0.25, 0.3) is 0 Å². The molecule has 1 heterocycles. The number of sulfonamides is 1. The Hall–Kier alpha value is -3.40. The Bertz CT molecular complexity index is 1100. The third-order valence-corrected chi connectivity index (χ3v) is 6.71. The van der Waals surface area contributed by atoms with Crippen molar-refractivity contribution < 1.29 is 32.3 Å². The third kappa shape index (κ3) is 4.69. The zero-order valence-electron chi connectivity index (χ0n) is 17.1. The van der Waals surface area contributed by atoms with Crippen LogP contribution >= 0.6 is 0 Å². The van der Waals surface area contributed by atoms with Crippen LogP contribution in [-0.2, 0) is 35.5 Å². The Morgan fingerprint density at radius 3 is 2.26 bits per heavy atom. The first-order valence-corrected chi connectivity index (χ1v) is 10.9. The summed E-state index contributed by atoms with van der Waals surface area (Å²) >= 11 is 0. The molecule has 0 N–H and O–H groups in total. The Labute approximate surface area is 180 Å². The van der Waals surface area contributed by atoms with Crippen LogP contribution in [0, 0.1) is 0 Å². The minimum atomic E-state index is -3.91. The molecule has 1 amide bonds. The number of hydrogen-bond donors (Lipinski definition) is 0. The Morgan fingerprint density at radius 1 is 0.968 bits per heavy atom. The molecule has 3 rings (SSSR count). The molecular weight excluding hydrogens is 424 g/mol. The minimum absolute atomic E-state index is 0.0152. The van der Waals surface area contributed by atoms with Crippen LogP contribution in [0.1, 0.15) is 15.9 Å². The van der Waals surface area contributed by atoms with Gasteiger partial charge in [0.05, 0.1) is 24.8 Å². The maximum Gasteiger partial charge on any atom is 0.325 e. The van der Waals surface area contributed by atoms with E-state index in [1.807, 2.05) is 12.1 Å².